The van der Waals surface area contributed by atoms with Crippen molar-refractivity contribution >= 4 is 12.9 Å². The van der Waals surface area contributed by atoms with Crippen molar-refractivity contribution in [2.45, 2.75) is 32.6 Å². The molecule has 0 bridgehead atoms. The van der Waals surface area contributed by atoms with Gasteiger partial charge in [0.15, 0.2) is 5.91 Å². The summed E-state index contributed by atoms with van der Waals surface area (Å²) < 4.78 is 35.0. The Bertz CT molecular complexity index is 160. The Morgan fingerprint density at radius 1 is 1.31 bits per heavy atom. The van der Waals surface area contributed by atoms with Crippen LogP contribution in [0.25, 0.3) is 0 Å². The van der Waals surface area contributed by atoms with Crippen LogP contribution in [0.5, 0.6) is 0 Å². The van der Waals surface area contributed by atoms with Crippen LogP contribution in [0.2, 0.25) is 6.32 Å². The summed E-state index contributed by atoms with van der Waals surface area (Å²) in [7, 11) is 0. The predicted octanol–water partition coefficient (Wildman–Crippen LogP) is -1.25. The molecule has 0 saturated heterocycles. The van der Waals surface area contributed by atoms with E-state index in [9.17, 15) is 17.7 Å². The van der Waals surface area contributed by atoms with E-state index < -0.39 is 24.7 Å². The Morgan fingerprint density at radius 2 is 1.69 bits per heavy atom. The maximum atomic E-state index is 11.7. The fourth-order valence-corrected chi connectivity index (χ4v) is 0.680. The molecule has 0 fully saturated rings. The molecule has 0 saturated carbocycles. The topological polar surface area (TPSA) is 29.1 Å². The van der Waals surface area contributed by atoms with Crippen LogP contribution in [0.4, 0.5) is 12.9 Å². The first-order valence-electron chi connectivity index (χ1n) is 3.62. The van der Waals surface area contributed by atoms with Gasteiger partial charge in [0.2, 0.25) is 0 Å². The van der Waals surface area contributed by atoms with E-state index in [2.05, 4.69) is 5.32 Å². The normalized spacial score (nSPS) is 11.8. The molecule has 0 heterocycles. The predicted molar refractivity (Wildman–Crippen MR) is 41.8 cm³/mol. The Balaban J connectivity index is 0. The molecular weight excluding hydrogens is 209 g/mol. The van der Waals surface area contributed by atoms with E-state index in [0.717, 1.165) is 0 Å². The summed E-state index contributed by atoms with van der Waals surface area (Å²) in [5, 5.41) is 2.23. The molecule has 0 aliphatic carbocycles. The van der Waals surface area contributed by atoms with Gasteiger partial charge in [-0.25, -0.2) is 0 Å². The third-order valence-corrected chi connectivity index (χ3v) is 0.931. The van der Waals surface area contributed by atoms with Gasteiger partial charge in [-0.05, 0) is 27.1 Å². The maximum Gasteiger partial charge on any atom is 1.00 e. The van der Waals surface area contributed by atoms with Crippen molar-refractivity contribution in [3.8, 4) is 0 Å². The molecular formula is C6H12BF3KNO. The first-order valence-corrected chi connectivity index (χ1v) is 3.62. The van der Waals surface area contributed by atoms with Crippen molar-refractivity contribution in [1.82, 2.24) is 5.32 Å². The summed E-state index contributed by atoms with van der Waals surface area (Å²) in [5.74, 6) is -0.963. The van der Waals surface area contributed by atoms with Gasteiger partial charge in [0.05, 0.1) is 0 Å². The Hall–Kier alpha value is 0.961. The number of amides is 1. The van der Waals surface area contributed by atoms with Gasteiger partial charge in [-0.15, -0.1) is 0 Å². The van der Waals surface area contributed by atoms with Crippen LogP contribution in [0, 0.1) is 0 Å². The van der Waals surface area contributed by atoms with Crippen LogP contribution in [0.15, 0.2) is 0 Å². The van der Waals surface area contributed by atoms with Crippen LogP contribution >= 0.6 is 0 Å². The zero-order chi connectivity index (χ0) is 9.99. The Morgan fingerprint density at radius 3 is 1.92 bits per heavy atom. The van der Waals surface area contributed by atoms with E-state index >= 15 is 0 Å². The monoisotopic (exact) mass is 221 g/mol. The van der Waals surface area contributed by atoms with E-state index in [4.69, 9.17) is 0 Å². The zero-order valence-electron chi connectivity index (χ0n) is 8.33. The second-order valence-electron chi connectivity index (χ2n) is 3.71. The van der Waals surface area contributed by atoms with Gasteiger partial charge in [-0.3, -0.25) is 4.79 Å². The second-order valence-corrected chi connectivity index (χ2v) is 3.71. The molecule has 0 atom stereocenters. The number of carbonyl (C=O) groups is 1. The summed E-state index contributed by atoms with van der Waals surface area (Å²) in [5.41, 5.74) is -0.599. The average molecular weight is 221 g/mol. The van der Waals surface area contributed by atoms with Gasteiger partial charge >= 0.3 is 58.4 Å². The number of hydrogen-bond acceptors (Lipinski definition) is 1. The third-order valence-electron chi connectivity index (χ3n) is 0.931. The molecule has 0 rings (SSSR count). The fraction of sp³-hybridized carbons (Fsp3) is 0.833. The van der Waals surface area contributed by atoms with Crippen molar-refractivity contribution in [2.24, 2.45) is 0 Å². The van der Waals surface area contributed by atoms with Crippen LogP contribution in [-0.2, 0) is 4.79 Å². The first-order chi connectivity index (χ1) is 5.10. The first kappa shape index (κ1) is 16.4. The molecule has 0 aliphatic rings. The molecule has 13 heavy (non-hydrogen) atoms. The van der Waals surface area contributed by atoms with Gasteiger partial charge in [0, 0.05) is 5.54 Å². The molecule has 0 spiro atoms. The number of rotatable bonds is 2. The van der Waals surface area contributed by atoms with E-state index in [0.29, 0.717) is 0 Å². The minimum Gasteiger partial charge on any atom is -0.449 e. The van der Waals surface area contributed by atoms with Gasteiger partial charge in [-0.2, -0.15) is 0 Å². The van der Waals surface area contributed by atoms with Gasteiger partial charge in [0.1, 0.15) is 0 Å². The summed E-state index contributed by atoms with van der Waals surface area (Å²) in [6.45, 7) is -0.112. The largest absolute Gasteiger partial charge is 1.00 e. The maximum absolute atomic E-state index is 11.7. The molecule has 0 aromatic carbocycles. The summed E-state index contributed by atoms with van der Waals surface area (Å²) in [4.78, 5) is 10.7. The minimum atomic E-state index is -5.01. The molecule has 2 nitrogen and oxygen atoms in total. The molecule has 1 N–H and O–H groups in total. The van der Waals surface area contributed by atoms with Crippen LogP contribution < -0.4 is 56.7 Å². The number of halogens is 3. The molecule has 1 amide bonds. The summed E-state index contributed by atoms with van der Waals surface area (Å²) in [6, 6.07) is 0. The molecule has 0 aromatic rings. The Labute approximate surface area is 119 Å². The van der Waals surface area contributed by atoms with Gasteiger partial charge in [0.25, 0.3) is 0 Å². The van der Waals surface area contributed by atoms with Crippen LogP contribution in [0.3, 0.4) is 0 Å². The number of carbonyl (C=O) groups excluding carboxylic acids is 1. The van der Waals surface area contributed by atoms with Crippen molar-refractivity contribution in [1.29, 1.82) is 0 Å². The second kappa shape index (κ2) is 5.75. The smallest absolute Gasteiger partial charge is 0.449 e. The van der Waals surface area contributed by atoms with Crippen molar-refractivity contribution in [2.75, 3.05) is 0 Å². The SMILES string of the molecule is CC(C)(C)NC(=O)C[B-](F)(F)F.[K+]. The fourth-order valence-electron chi connectivity index (χ4n) is 0.680. The van der Waals surface area contributed by atoms with Crippen molar-refractivity contribution in [3.05, 3.63) is 0 Å². The minimum absolute atomic E-state index is 0. The van der Waals surface area contributed by atoms with Crippen LogP contribution in [0.1, 0.15) is 20.8 Å². The standard InChI is InChI=1S/C6H12BF3NO.K/c1-6(2,3)11-5(12)4-7(8,9)10;/h4H2,1-3H3,(H,11,12);/q-1;+1. The summed E-state index contributed by atoms with van der Waals surface area (Å²) in [6.07, 6.45) is -1.35. The third kappa shape index (κ3) is 13.0. The van der Waals surface area contributed by atoms with Crippen LogP contribution in [-0.4, -0.2) is 18.4 Å². The van der Waals surface area contributed by atoms with E-state index in [1.807, 2.05) is 0 Å². The van der Waals surface area contributed by atoms with Gasteiger partial charge in [-0.1, -0.05) is 0 Å². The quantitative estimate of drug-likeness (QED) is 0.580. The number of nitrogens with one attached hydrogen (secondary N) is 1. The van der Waals surface area contributed by atoms with E-state index in [1.54, 1.807) is 20.8 Å². The zero-order valence-corrected chi connectivity index (χ0v) is 11.4. The Kier molecular flexibility index (Phi) is 7.25. The van der Waals surface area contributed by atoms with E-state index in [1.165, 1.54) is 0 Å². The van der Waals surface area contributed by atoms with Crippen molar-refractivity contribution < 1.29 is 69.1 Å². The molecule has 0 aromatic heterocycles. The van der Waals surface area contributed by atoms with E-state index in [-0.39, 0.29) is 51.4 Å². The number of hydrogen-bond donors (Lipinski definition) is 1. The molecule has 0 radical (unpaired) electrons. The molecule has 72 valence electrons. The molecule has 0 aliphatic heterocycles. The van der Waals surface area contributed by atoms with Gasteiger partial charge < -0.3 is 18.3 Å². The van der Waals surface area contributed by atoms with Crippen molar-refractivity contribution in [3.63, 3.8) is 0 Å². The molecule has 7 heteroatoms. The summed E-state index contributed by atoms with van der Waals surface area (Å²) >= 11 is 0. The molecule has 0 unspecified atom stereocenters. The average Bonchev–Trinajstić information content (AvgIpc) is 1.49.